The van der Waals surface area contributed by atoms with Crippen molar-refractivity contribution in [2.45, 2.75) is 33.7 Å². The minimum absolute atomic E-state index is 0.00332. The molecule has 2 nitrogen and oxygen atoms in total. The number of hydrogen-bond donors (Lipinski definition) is 1. The first-order chi connectivity index (χ1) is 9.38. The second kappa shape index (κ2) is 6.10. The molecule has 0 bridgehead atoms. The molecule has 0 fully saturated rings. The molecule has 1 amide bonds. The predicted molar refractivity (Wildman–Crippen MR) is 88.6 cm³/mol. The van der Waals surface area contributed by atoms with E-state index in [1.165, 1.54) is 28.0 Å². The number of thiophene rings is 1. The summed E-state index contributed by atoms with van der Waals surface area (Å²) >= 11 is 4.93. The van der Waals surface area contributed by atoms with Crippen molar-refractivity contribution in [2.75, 3.05) is 0 Å². The van der Waals surface area contributed by atoms with E-state index >= 15 is 0 Å². The molecule has 1 unspecified atom stereocenters. The van der Waals surface area contributed by atoms with Crippen molar-refractivity contribution < 1.29 is 4.79 Å². The fraction of sp³-hybridized carbons (Fsp3) is 0.312. The third-order valence-corrected chi connectivity index (χ3v) is 5.47. The van der Waals surface area contributed by atoms with Gasteiger partial charge in [-0.3, -0.25) is 4.79 Å². The molecule has 0 saturated carbocycles. The monoisotopic (exact) mass is 351 g/mol. The fourth-order valence-corrected chi connectivity index (χ4v) is 3.58. The average molecular weight is 352 g/mol. The van der Waals surface area contributed by atoms with Crippen molar-refractivity contribution >= 4 is 33.2 Å². The van der Waals surface area contributed by atoms with Crippen LogP contribution in [0.15, 0.2) is 28.1 Å². The number of carbonyl (C=O) groups excluding carboxylic acids is 1. The molecular formula is C16H18BrNOS. The van der Waals surface area contributed by atoms with Gasteiger partial charge in [0.1, 0.15) is 0 Å². The average Bonchev–Trinajstić information content (AvgIpc) is 2.72. The van der Waals surface area contributed by atoms with E-state index in [-0.39, 0.29) is 11.9 Å². The molecule has 4 heteroatoms. The van der Waals surface area contributed by atoms with Gasteiger partial charge in [-0.15, -0.1) is 11.3 Å². The summed E-state index contributed by atoms with van der Waals surface area (Å²) in [6, 6.07) is 8.24. The number of nitrogens with one attached hydrogen (secondary N) is 1. The van der Waals surface area contributed by atoms with Gasteiger partial charge in [-0.1, -0.05) is 23.8 Å². The van der Waals surface area contributed by atoms with Crippen LogP contribution in [0.3, 0.4) is 0 Å². The van der Waals surface area contributed by atoms with Gasteiger partial charge in [0.2, 0.25) is 0 Å². The van der Waals surface area contributed by atoms with Gasteiger partial charge in [0.25, 0.3) is 5.91 Å². The number of halogens is 1. The standard InChI is InChI=1S/C16H18BrNOS/c1-9-5-6-10(2)13(7-9)12(4)18-16(19)14-8-11(3)15(17)20-14/h5-8,12H,1-4H3,(H,18,19). The van der Waals surface area contributed by atoms with Gasteiger partial charge in [-0.2, -0.15) is 0 Å². The second-order valence-electron chi connectivity index (χ2n) is 5.12. The van der Waals surface area contributed by atoms with Crippen molar-refractivity contribution in [1.29, 1.82) is 0 Å². The van der Waals surface area contributed by atoms with E-state index in [1.54, 1.807) is 0 Å². The van der Waals surface area contributed by atoms with Gasteiger partial charge >= 0.3 is 0 Å². The summed E-state index contributed by atoms with van der Waals surface area (Å²) in [6.07, 6.45) is 0. The number of amides is 1. The highest BCUT2D eigenvalue weighted by atomic mass is 79.9. The molecule has 0 radical (unpaired) electrons. The van der Waals surface area contributed by atoms with E-state index in [0.29, 0.717) is 0 Å². The van der Waals surface area contributed by atoms with Crippen molar-refractivity contribution in [3.05, 3.63) is 55.2 Å². The smallest absolute Gasteiger partial charge is 0.261 e. The molecule has 106 valence electrons. The summed E-state index contributed by atoms with van der Waals surface area (Å²) in [6.45, 7) is 8.15. The van der Waals surface area contributed by atoms with Crippen LogP contribution < -0.4 is 5.32 Å². The van der Waals surface area contributed by atoms with Crippen molar-refractivity contribution in [3.63, 3.8) is 0 Å². The molecule has 0 saturated heterocycles. The van der Waals surface area contributed by atoms with Crippen molar-refractivity contribution in [3.8, 4) is 0 Å². The molecule has 1 aromatic heterocycles. The molecule has 0 aliphatic rings. The zero-order valence-corrected chi connectivity index (χ0v) is 14.5. The minimum atomic E-state index is -0.0165. The van der Waals surface area contributed by atoms with Gasteiger partial charge in [0, 0.05) is 0 Å². The maximum absolute atomic E-state index is 12.3. The Morgan fingerprint density at radius 3 is 2.50 bits per heavy atom. The van der Waals surface area contributed by atoms with E-state index in [4.69, 9.17) is 0 Å². The minimum Gasteiger partial charge on any atom is -0.345 e. The van der Waals surface area contributed by atoms with Gasteiger partial charge in [0.15, 0.2) is 0 Å². The molecule has 1 N–H and O–H groups in total. The van der Waals surface area contributed by atoms with E-state index in [1.807, 2.05) is 19.9 Å². The Kier molecular flexibility index (Phi) is 4.66. The number of aryl methyl sites for hydroxylation is 3. The number of hydrogen-bond acceptors (Lipinski definition) is 2. The second-order valence-corrected chi connectivity index (χ2v) is 7.49. The van der Waals surface area contributed by atoms with Crippen LogP contribution in [0.1, 0.15) is 44.9 Å². The van der Waals surface area contributed by atoms with Gasteiger partial charge in [-0.25, -0.2) is 0 Å². The van der Waals surface area contributed by atoms with E-state index in [0.717, 1.165) is 14.2 Å². The Balaban J connectivity index is 2.17. The summed E-state index contributed by atoms with van der Waals surface area (Å²) in [5.41, 5.74) is 4.68. The first-order valence-electron chi connectivity index (χ1n) is 6.52. The highest BCUT2D eigenvalue weighted by Crippen LogP contribution is 2.28. The quantitative estimate of drug-likeness (QED) is 0.834. The Morgan fingerprint density at radius 1 is 1.20 bits per heavy atom. The maximum atomic E-state index is 12.3. The molecule has 1 aromatic carbocycles. The highest BCUT2D eigenvalue weighted by molar-refractivity contribution is 9.11. The lowest BCUT2D eigenvalue weighted by molar-refractivity contribution is 0.0944. The summed E-state index contributed by atoms with van der Waals surface area (Å²) in [5, 5.41) is 3.07. The molecule has 2 aromatic rings. The number of benzene rings is 1. The van der Waals surface area contributed by atoms with Gasteiger partial charge in [0.05, 0.1) is 14.7 Å². The van der Waals surface area contributed by atoms with Crippen LogP contribution in [-0.2, 0) is 0 Å². The lowest BCUT2D eigenvalue weighted by Gasteiger charge is -2.16. The fourth-order valence-electron chi connectivity index (χ4n) is 2.14. The molecule has 2 rings (SSSR count). The summed E-state index contributed by atoms with van der Waals surface area (Å²) in [7, 11) is 0. The number of carbonyl (C=O) groups is 1. The van der Waals surface area contributed by atoms with Crippen LogP contribution in [0.2, 0.25) is 0 Å². The lowest BCUT2D eigenvalue weighted by Crippen LogP contribution is -2.26. The molecule has 0 spiro atoms. The molecule has 1 heterocycles. The van der Waals surface area contributed by atoms with Crippen LogP contribution in [0.4, 0.5) is 0 Å². The predicted octanol–water partition coefficient (Wildman–Crippen LogP) is 4.93. The molecular weight excluding hydrogens is 334 g/mol. The maximum Gasteiger partial charge on any atom is 0.261 e. The first-order valence-corrected chi connectivity index (χ1v) is 8.13. The normalized spacial score (nSPS) is 12.2. The molecule has 20 heavy (non-hydrogen) atoms. The van der Waals surface area contributed by atoms with E-state index < -0.39 is 0 Å². The lowest BCUT2D eigenvalue weighted by atomic mass is 10.00. The zero-order valence-electron chi connectivity index (χ0n) is 12.1. The molecule has 0 aliphatic carbocycles. The van der Waals surface area contributed by atoms with Crippen LogP contribution >= 0.6 is 27.3 Å². The summed E-state index contributed by atoms with van der Waals surface area (Å²) in [5.74, 6) is -0.0165. The van der Waals surface area contributed by atoms with Gasteiger partial charge < -0.3 is 5.32 Å². The third kappa shape index (κ3) is 3.30. The Labute approximate surface area is 132 Å². The molecule has 1 atom stereocenters. The van der Waals surface area contributed by atoms with Crippen LogP contribution in [0, 0.1) is 20.8 Å². The topological polar surface area (TPSA) is 29.1 Å². The van der Waals surface area contributed by atoms with Crippen LogP contribution in [0.25, 0.3) is 0 Å². The van der Waals surface area contributed by atoms with Crippen molar-refractivity contribution in [2.24, 2.45) is 0 Å². The summed E-state index contributed by atoms with van der Waals surface area (Å²) in [4.78, 5) is 13.0. The Morgan fingerprint density at radius 2 is 1.90 bits per heavy atom. The Hall–Kier alpha value is -1.13. The third-order valence-electron chi connectivity index (χ3n) is 3.33. The van der Waals surface area contributed by atoms with Crippen molar-refractivity contribution in [1.82, 2.24) is 5.32 Å². The van der Waals surface area contributed by atoms with E-state index in [9.17, 15) is 4.79 Å². The first kappa shape index (κ1) is 15.3. The highest BCUT2D eigenvalue weighted by Gasteiger charge is 2.16. The van der Waals surface area contributed by atoms with Gasteiger partial charge in [-0.05, 0) is 66.4 Å². The zero-order chi connectivity index (χ0) is 14.9. The Bertz CT molecular complexity index is 628. The number of rotatable bonds is 3. The summed E-state index contributed by atoms with van der Waals surface area (Å²) < 4.78 is 1.02. The SMILES string of the molecule is Cc1ccc(C)c(C(C)NC(=O)c2cc(C)c(Br)s2)c1. The largest absolute Gasteiger partial charge is 0.345 e. The van der Waals surface area contributed by atoms with Crippen LogP contribution in [0.5, 0.6) is 0 Å². The molecule has 0 aliphatic heterocycles. The van der Waals surface area contributed by atoms with E-state index in [2.05, 4.69) is 53.3 Å². The van der Waals surface area contributed by atoms with Crippen LogP contribution in [-0.4, -0.2) is 5.91 Å².